The SMILES string of the molecule is c1ccc2c(-c3ncc[se]3)cccc2c1. The molecule has 2 aromatic carbocycles. The third-order valence-corrected chi connectivity index (χ3v) is 4.14. The van der Waals surface area contributed by atoms with Crippen molar-refractivity contribution in [1.29, 1.82) is 0 Å². The van der Waals surface area contributed by atoms with Crippen LogP contribution in [0.3, 0.4) is 0 Å². The van der Waals surface area contributed by atoms with E-state index < -0.39 is 0 Å². The molecule has 0 aliphatic heterocycles. The van der Waals surface area contributed by atoms with Gasteiger partial charge < -0.3 is 0 Å². The molecule has 0 atom stereocenters. The minimum absolute atomic E-state index is 0.407. The Bertz CT molecular complexity index is 579. The van der Waals surface area contributed by atoms with Crippen LogP contribution in [0.5, 0.6) is 0 Å². The van der Waals surface area contributed by atoms with Crippen LogP contribution < -0.4 is 0 Å². The van der Waals surface area contributed by atoms with Crippen LogP contribution in [-0.2, 0) is 0 Å². The summed E-state index contributed by atoms with van der Waals surface area (Å²) >= 11 is 0.407. The van der Waals surface area contributed by atoms with Crippen LogP contribution in [0.2, 0.25) is 0 Å². The summed E-state index contributed by atoms with van der Waals surface area (Å²) in [4.78, 5) is 6.58. The minimum atomic E-state index is 0.407. The van der Waals surface area contributed by atoms with Crippen LogP contribution >= 0.6 is 0 Å². The molecule has 3 aromatic rings. The number of rotatable bonds is 1. The van der Waals surface area contributed by atoms with Crippen LogP contribution in [0.15, 0.2) is 53.6 Å². The molecular formula is C13H9NSe. The van der Waals surface area contributed by atoms with E-state index in [-0.39, 0.29) is 0 Å². The number of hydrogen-bond acceptors (Lipinski definition) is 1. The van der Waals surface area contributed by atoms with E-state index in [1.807, 2.05) is 6.20 Å². The second-order valence-electron chi connectivity index (χ2n) is 3.36. The van der Waals surface area contributed by atoms with E-state index in [4.69, 9.17) is 0 Å². The summed E-state index contributed by atoms with van der Waals surface area (Å²) in [6.45, 7) is 0. The maximum absolute atomic E-state index is 4.42. The van der Waals surface area contributed by atoms with Crippen molar-refractivity contribution >= 4 is 25.3 Å². The van der Waals surface area contributed by atoms with Crippen molar-refractivity contribution in [3.05, 3.63) is 53.6 Å². The van der Waals surface area contributed by atoms with Crippen LogP contribution in [0.25, 0.3) is 20.9 Å². The molecule has 0 bridgehead atoms. The molecule has 15 heavy (non-hydrogen) atoms. The van der Waals surface area contributed by atoms with Crippen LogP contribution in [0.1, 0.15) is 0 Å². The van der Waals surface area contributed by atoms with E-state index in [9.17, 15) is 0 Å². The van der Waals surface area contributed by atoms with Crippen molar-refractivity contribution in [2.45, 2.75) is 0 Å². The number of benzene rings is 2. The van der Waals surface area contributed by atoms with Crippen molar-refractivity contribution < 1.29 is 0 Å². The Hall–Kier alpha value is -1.37. The zero-order valence-electron chi connectivity index (χ0n) is 8.05. The van der Waals surface area contributed by atoms with Gasteiger partial charge in [-0.25, -0.2) is 0 Å². The Kier molecular flexibility index (Phi) is 2.17. The molecule has 0 spiro atoms. The fraction of sp³-hybridized carbons (Fsp3) is 0. The predicted molar refractivity (Wildman–Crippen MR) is 64.1 cm³/mol. The zero-order chi connectivity index (χ0) is 10.1. The molecular weight excluding hydrogens is 249 g/mol. The summed E-state index contributed by atoms with van der Waals surface area (Å²) in [5.74, 6) is 0. The van der Waals surface area contributed by atoms with Gasteiger partial charge in [-0.3, -0.25) is 0 Å². The molecule has 1 heterocycles. The average Bonchev–Trinajstić information content (AvgIpc) is 2.82. The molecule has 0 amide bonds. The molecule has 2 heteroatoms. The molecule has 0 saturated heterocycles. The van der Waals surface area contributed by atoms with Crippen molar-refractivity contribution in [2.24, 2.45) is 0 Å². The molecule has 1 nitrogen and oxygen atoms in total. The third kappa shape index (κ3) is 1.52. The number of aromatic nitrogens is 1. The molecule has 3 rings (SSSR count). The normalized spacial score (nSPS) is 10.7. The average molecular weight is 258 g/mol. The molecule has 0 fully saturated rings. The zero-order valence-corrected chi connectivity index (χ0v) is 9.76. The Balaban J connectivity index is 2.36. The van der Waals surface area contributed by atoms with Gasteiger partial charge in [-0.05, 0) is 0 Å². The topological polar surface area (TPSA) is 12.9 Å². The van der Waals surface area contributed by atoms with Gasteiger partial charge in [-0.2, -0.15) is 0 Å². The van der Waals surface area contributed by atoms with Crippen molar-refractivity contribution in [3.63, 3.8) is 0 Å². The second-order valence-corrected chi connectivity index (χ2v) is 5.24. The summed E-state index contributed by atoms with van der Waals surface area (Å²) in [5, 5.41) is 2.60. The van der Waals surface area contributed by atoms with Crippen molar-refractivity contribution in [1.82, 2.24) is 4.98 Å². The molecule has 1 aromatic heterocycles. The first-order valence-electron chi connectivity index (χ1n) is 4.83. The number of hydrogen-bond donors (Lipinski definition) is 0. The molecule has 0 N–H and O–H groups in total. The Morgan fingerprint density at radius 1 is 0.933 bits per heavy atom. The maximum atomic E-state index is 4.42. The van der Waals surface area contributed by atoms with E-state index in [0.29, 0.717) is 14.5 Å². The Labute approximate surface area is 94.1 Å². The molecule has 0 radical (unpaired) electrons. The number of fused-ring (bicyclic) bond motifs is 1. The van der Waals surface area contributed by atoms with Gasteiger partial charge in [-0.1, -0.05) is 0 Å². The first-order chi connectivity index (χ1) is 7.45. The summed E-state index contributed by atoms with van der Waals surface area (Å²) in [7, 11) is 0. The molecule has 0 aliphatic rings. The van der Waals surface area contributed by atoms with E-state index >= 15 is 0 Å². The van der Waals surface area contributed by atoms with Crippen LogP contribution in [0, 0.1) is 0 Å². The van der Waals surface area contributed by atoms with Gasteiger partial charge in [0.1, 0.15) is 0 Å². The first-order valence-corrected chi connectivity index (χ1v) is 6.67. The fourth-order valence-electron chi connectivity index (χ4n) is 1.77. The van der Waals surface area contributed by atoms with Crippen LogP contribution in [-0.4, -0.2) is 19.5 Å². The Morgan fingerprint density at radius 3 is 2.67 bits per heavy atom. The van der Waals surface area contributed by atoms with Gasteiger partial charge in [0.25, 0.3) is 0 Å². The van der Waals surface area contributed by atoms with Gasteiger partial charge in [-0.15, -0.1) is 0 Å². The van der Waals surface area contributed by atoms with E-state index in [0.717, 1.165) is 0 Å². The predicted octanol–water partition coefficient (Wildman–Crippen LogP) is 2.96. The molecule has 0 saturated carbocycles. The third-order valence-electron chi connectivity index (χ3n) is 2.45. The van der Waals surface area contributed by atoms with Gasteiger partial charge >= 0.3 is 94.0 Å². The van der Waals surface area contributed by atoms with E-state index in [1.165, 1.54) is 20.9 Å². The molecule has 72 valence electrons. The summed E-state index contributed by atoms with van der Waals surface area (Å²) in [6.07, 6.45) is 1.91. The van der Waals surface area contributed by atoms with E-state index in [2.05, 4.69) is 52.4 Å². The van der Waals surface area contributed by atoms with Crippen molar-refractivity contribution in [2.75, 3.05) is 0 Å². The standard InChI is InChI=1S/C13H9NSe/c1-2-6-11-10(4-1)5-3-7-12(11)13-14-8-9-15-13/h1-9H. The van der Waals surface area contributed by atoms with Gasteiger partial charge in [0.15, 0.2) is 0 Å². The first kappa shape index (κ1) is 8.90. The van der Waals surface area contributed by atoms with Gasteiger partial charge in [0.2, 0.25) is 0 Å². The van der Waals surface area contributed by atoms with Gasteiger partial charge in [0, 0.05) is 0 Å². The molecule has 0 unspecified atom stereocenters. The van der Waals surface area contributed by atoms with E-state index in [1.54, 1.807) is 0 Å². The summed E-state index contributed by atoms with van der Waals surface area (Å²) in [6, 6.07) is 14.9. The number of nitrogens with zero attached hydrogens (tertiary/aromatic N) is 1. The fourth-order valence-corrected chi connectivity index (χ4v) is 3.19. The van der Waals surface area contributed by atoms with Crippen LogP contribution in [0.4, 0.5) is 0 Å². The van der Waals surface area contributed by atoms with Gasteiger partial charge in [0.05, 0.1) is 0 Å². The molecule has 0 aliphatic carbocycles. The Morgan fingerprint density at radius 2 is 1.80 bits per heavy atom. The monoisotopic (exact) mass is 259 g/mol. The van der Waals surface area contributed by atoms with Crippen molar-refractivity contribution in [3.8, 4) is 10.1 Å². The quantitative estimate of drug-likeness (QED) is 0.611. The summed E-state index contributed by atoms with van der Waals surface area (Å²) < 4.78 is 1.24. The summed E-state index contributed by atoms with van der Waals surface area (Å²) in [5.41, 5.74) is 1.29. The second kappa shape index (κ2) is 3.65.